The molecule has 1 aliphatic rings. The number of imide groups is 1. The second-order valence-electron chi connectivity index (χ2n) is 3.45. The van der Waals surface area contributed by atoms with Crippen molar-refractivity contribution in [3.05, 3.63) is 35.5 Å². The van der Waals surface area contributed by atoms with Gasteiger partial charge in [0.25, 0.3) is 5.91 Å². The number of para-hydroxylation sites is 1. The van der Waals surface area contributed by atoms with Gasteiger partial charge in [-0.1, -0.05) is 18.2 Å². The summed E-state index contributed by atoms with van der Waals surface area (Å²) in [5, 5.41) is 12.9. The largest absolute Gasteiger partial charge is 0.478 e. The molecule has 6 heteroatoms. The fraction of sp³-hybridized carbons (Fsp3) is 0.0833. The topological polar surface area (TPSA) is 91.2 Å². The third-order valence-corrected chi connectivity index (χ3v) is 2.23. The Morgan fingerprint density at radius 3 is 2.72 bits per heavy atom. The Bertz CT molecular complexity index is 572. The Kier molecular flexibility index (Phi) is 3.25. The minimum Gasteiger partial charge on any atom is -0.478 e. The maximum Gasteiger partial charge on any atom is 0.326 e. The predicted octanol–water partition coefficient (Wildman–Crippen LogP) is 0.769. The van der Waals surface area contributed by atoms with Crippen LogP contribution in [0.4, 0.5) is 4.79 Å². The number of nitrogens with zero attached hydrogens (tertiary/aromatic N) is 1. The van der Waals surface area contributed by atoms with Gasteiger partial charge < -0.3 is 10.1 Å². The van der Waals surface area contributed by atoms with E-state index in [1.807, 2.05) is 6.07 Å². The van der Waals surface area contributed by atoms with Gasteiger partial charge in [-0.2, -0.15) is 5.26 Å². The Morgan fingerprint density at radius 1 is 1.28 bits per heavy atom. The summed E-state index contributed by atoms with van der Waals surface area (Å²) in [6.07, 6.45) is 1.49. The Morgan fingerprint density at radius 2 is 2.06 bits per heavy atom. The van der Waals surface area contributed by atoms with Crippen LogP contribution < -0.4 is 15.4 Å². The molecule has 1 aromatic rings. The smallest absolute Gasteiger partial charge is 0.326 e. The summed E-state index contributed by atoms with van der Waals surface area (Å²) in [4.78, 5) is 22.3. The van der Waals surface area contributed by atoms with Crippen LogP contribution >= 0.6 is 0 Å². The summed E-state index contributed by atoms with van der Waals surface area (Å²) in [6.45, 7) is -0.0846. The number of hydrogen-bond acceptors (Lipinski definition) is 4. The molecule has 1 fully saturated rings. The average Bonchev–Trinajstić information content (AvgIpc) is 2.67. The van der Waals surface area contributed by atoms with Crippen molar-refractivity contribution in [3.63, 3.8) is 0 Å². The zero-order chi connectivity index (χ0) is 13.0. The summed E-state index contributed by atoms with van der Waals surface area (Å²) >= 11 is 0. The molecule has 0 aliphatic carbocycles. The number of carbonyl (C=O) groups excluding carboxylic acids is 2. The van der Waals surface area contributed by atoms with Crippen LogP contribution in [0.2, 0.25) is 0 Å². The predicted molar refractivity (Wildman–Crippen MR) is 62.2 cm³/mol. The standard InChI is InChI=1S/C12H9N3O3/c13-5-6-18-10-4-2-1-3-8(10)7-9-11(16)15-12(17)14-9/h1-4,7H,6H2,(H2,14,15,16,17)/b9-7+. The molecule has 6 nitrogen and oxygen atoms in total. The summed E-state index contributed by atoms with van der Waals surface area (Å²) in [5.74, 6) is -0.0180. The van der Waals surface area contributed by atoms with Crippen molar-refractivity contribution in [1.29, 1.82) is 5.26 Å². The quantitative estimate of drug-likeness (QED) is 0.606. The van der Waals surface area contributed by atoms with Crippen LogP contribution in [-0.4, -0.2) is 18.5 Å². The summed E-state index contributed by atoms with van der Waals surface area (Å²) in [7, 11) is 0. The van der Waals surface area contributed by atoms with Crippen molar-refractivity contribution in [1.82, 2.24) is 10.6 Å². The molecular formula is C12H9N3O3. The van der Waals surface area contributed by atoms with Gasteiger partial charge in [0, 0.05) is 5.56 Å². The molecule has 2 rings (SSSR count). The van der Waals surface area contributed by atoms with Crippen LogP contribution in [-0.2, 0) is 4.79 Å². The number of amides is 3. The molecule has 2 N–H and O–H groups in total. The second kappa shape index (κ2) is 5.01. The first-order valence-electron chi connectivity index (χ1n) is 5.13. The molecule has 90 valence electrons. The number of carbonyl (C=O) groups is 2. The molecule has 3 amide bonds. The van der Waals surface area contributed by atoms with Crippen molar-refractivity contribution in [2.45, 2.75) is 0 Å². The zero-order valence-electron chi connectivity index (χ0n) is 9.27. The summed E-state index contributed by atoms with van der Waals surface area (Å²) in [6, 6.07) is 8.22. The van der Waals surface area contributed by atoms with Crippen LogP contribution in [0.5, 0.6) is 5.75 Å². The van der Waals surface area contributed by atoms with E-state index in [0.29, 0.717) is 11.3 Å². The van der Waals surface area contributed by atoms with Gasteiger partial charge in [0.15, 0.2) is 6.61 Å². The van der Waals surface area contributed by atoms with E-state index in [-0.39, 0.29) is 12.3 Å². The van der Waals surface area contributed by atoms with Crippen LogP contribution in [0.15, 0.2) is 30.0 Å². The van der Waals surface area contributed by atoms with Crippen molar-refractivity contribution in [2.75, 3.05) is 6.61 Å². The maximum atomic E-state index is 11.4. The normalized spacial score (nSPS) is 16.1. The van der Waals surface area contributed by atoms with Crippen molar-refractivity contribution >= 4 is 18.0 Å². The van der Waals surface area contributed by atoms with Gasteiger partial charge in [-0.05, 0) is 12.1 Å². The molecule has 18 heavy (non-hydrogen) atoms. The molecule has 0 aromatic heterocycles. The van der Waals surface area contributed by atoms with Crippen molar-refractivity contribution in [2.24, 2.45) is 0 Å². The molecule has 0 bridgehead atoms. The van der Waals surface area contributed by atoms with E-state index < -0.39 is 11.9 Å². The lowest BCUT2D eigenvalue weighted by Gasteiger charge is -2.05. The molecule has 0 radical (unpaired) electrons. The van der Waals surface area contributed by atoms with Gasteiger partial charge in [0.2, 0.25) is 0 Å². The summed E-state index contributed by atoms with van der Waals surface area (Å²) in [5.41, 5.74) is 0.758. The lowest BCUT2D eigenvalue weighted by Crippen LogP contribution is -2.22. The van der Waals surface area contributed by atoms with Gasteiger partial charge in [-0.25, -0.2) is 4.79 Å². The number of rotatable bonds is 3. The third kappa shape index (κ3) is 2.47. The number of benzene rings is 1. The lowest BCUT2D eigenvalue weighted by molar-refractivity contribution is -0.115. The minimum absolute atomic E-state index is 0.0846. The van der Waals surface area contributed by atoms with E-state index in [0.717, 1.165) is 0 Å². The molecule has 1 aromatic carbocycles. The molecule has 1 saturated heterocycles. The maximum absolute atomic E-state index is 11.4. The van der Waals surface area contributed by atoms with E-state index in [9.17, 15) is 9.59 Å². The van der Waals surface area contributed by atoms with Crippen LogP contribution in [0.3, 0.4) is 0 Å². The molecule has 0 unspecified atom stereocenters. The number of hydrogen-bond donors (Lipinski definition) is 2. The first-order valence-corrected chi connectivity index (χ1v) is 5.13. The van der Waals surface area contributed by atoms with E-state index in [1.54, 1.807) is 24.3 Å². The Labute approximate surface area is 103 Å². The average molecular weight is 243 g/mol. The highest BCUT2D eigenvalue weighted by molar-refractivity contribution is 6.14. The highest BCUT2D eigenvalue weighted by atomic mass is 16.5. The fourth-order valence-electron chi connectivity index (χ4n) is 1.48. The highest BCUT2D eigenvalue weighted by Gasteiger charge is 2.23. The van der Waals surface area contributed by atoms with Gasteiger partial charge in [-0.15, -0.1) is 0 Å². The Hall–Kier alpha value is -2.81. The summed E-state index contributed by atoms with van der Waals surface area (Å²) < 4.78 is 5.21. The third-order valence-electron chi connectivity index (χ3n) is 2.23. The first kappa shape index (κ1) is 11.7. The SMILES string of the molecule is N#CCOc1ccccc1/C=C1/NC(=O)NC1=O. The van der Waals surface area contributed by atoms with E-state index in [4.69, 9.17) is 10.00 Å². The van der Waals surface area contributed by atoms with E-state index >= 15 is 0 Å². The van der Waals surface area contributed by atoms with Gasteiger partial charge in [0.1, 0.15) is 17.5 Å². The molecule has 1 aliphatic heterocycles. The van der Waals surface area contributed by atoms with Crippen LogP contribution in [0, 0.1) is 11.3 Å². The second-order valence-corrected chi connectivity index (χ2v) is 3.45. The molecular weight excluding hydrogens is 234 g/mol. The lowest BCUT2D eigenvalue weighted by atomic mass is 10.1. The molecule has 0 atom stereocenters. The highest BCUT2D eigenvalue weighted by Crippen LogP contribution is 2.21. The van der Waals surface area contributed by atoms with Gasteiger partial charge in [0.05, 0.1) is 0 Å². The van der Waals surface area contributed by atoms with Crippen LogP contribution in [0.25, 0.3) is 6.08 Å². The van der Waals surface area contributed by atoms with Gasteiger partial charge >= 0.3 is 6.03 Å². The van der Waals surface area contributed by atoms with Crippen molar-refractivity contribution < 1.29 is 14.3 Å². The first-order chi connectivity index (χ1) is 8.70. The number of urea groups is 1. The fourth-order valence-corrected chi connectivity index (χ4v) is 1.48. The molecule has 0 saturated carbocycles. The number of nitriles is 1. The van der Waals surface area contributed by atoms with Crippen LogP contribution in [0.1, 0.15) is 5.56 Å². The van der Waals surface area contributed by atoms with E-state index in [1.165, 1.54) is 6.08 Å². The number of ether oxygens (including phenoxy) is 1. The minimum atomic E-state index is -0.554. The Balaban J connectivity index is 2.29. The van der Waals surface area contributed by atoms with Gasteiger partial charge in [-0.3, -0.25) is 10.1 Å². The molecule has 1 heterocycles. The number of nitrogens with one attached hydrogen (secondary N) is 2. The monoisotopic (exact) mass is 243 g/mol. The molecule has 0 spiro atoms. The zero-order valence-corrected chi connectivity index (χ0v) is 9.27. The van der Waals surface area contributed by atoms with E-state index in [2.05, 4.69) is 10.6 Å². The van der Waals surface area contributed by atoms with Crippen molar-refractivity contribution in [3.8, 4) is 11.8 Å².